The third kappa shape index (κ3) is 4.49. The Morgan fingerprint density at radius 1 is 1.25 bits per heavy atom. The van der Waals surface area contributed by atoms with Gasteiger partial charge in [-0.05, 0) is 23.8 Å². The zero-order valence-corrected chi connectivity index (χ0v) is 10.6. The van der Waals surface area contributed by atoms with E-state index in [-0.39, 0.29) is 6.61 Å². The summed E-state index contributed by atoms with van der Waals surface area (Å²) in [4.78, 5) is 0. The van der Waals surface area contributed by atoms with Crippen molar-refractivity contribution in [1.29, 1.82) is 0 Å². The van der Waals surface area contributed by atoms with Gasteiger partial charge in [0, 0.05) is 11.0 Å². The minimum atomic E-state index is 0.0373. The van der Waals surface area contributed by atoms with Crippen molar-refractivity contribution in [3.05, 3.63) is 28.2 Å². The van der Waals surface area contributed by atoms with Crippen LogP contribution in [0.1, 0.15) is 5.56 Å². The lowest BCUT2D eigenvalue weighted by Gasteiger charge is -2.08. The van der Waals surface area contributed by atoms with Crippen LogP contribution in [0, 0.1) is 0 Å². The topological polar surface area (TPSA) is 64.7 Å². The molecule has 0 radical (unpaired) electrons. The molecule has 0 heterocycles. The second kappa shape index (κ2) is 7.62. The second-order valence-corrected chi connectivity index (χ2v) is 4.00. The lowest BCUT2D eigenvalue weighted by molar-refractivity contribution is 0.0705. The number of rotatable bonds is 7. The summed E-state index contributed by atoms with van der Waals surface area (Å²) in [5, 5.41) is 8.50. The van der Waals surface area contributed by atoms with Gasteiger partial charge in [0.1, 0.15) is 12.4 Å². The average Bonchev–Trinajstić information content (AvgIpc) is 2.31. The Morgan fingerprint density at radius 2 is 2.06 bits per heavy atom. The van der Waals surface area contributed by atoms with Crippen molar-refractivity contribution < 1.29 is 14.6 Å². The quantitative estimate of drug-likeness (QED) is 0.743. The molecule has 0 aromatic heterocycles. The molecule has 0 aliphatic carbocycles. The summed E-state index contributed by atoms with van der Waals surface area (Å²) in [7, 11) is 0. The molecule has 0 fully saturated rings. The molecule has 0 bridgehead atoms. The molecular weight excluding hydrogens is 274 g/mol. The highest BCUT2D eigenvalue weighted by Gasteiger charge is 2.00. The molecule has 1 aromatic carbocycles. The van der Waals surface area contributed by atoms with Gasteiger partial charge in [-0.3, -0.25) is 0 Å². The second-order valence-electron chi connectivity index (χ2n) is 3.14. The third-order valence-electron chi connectivity index (χ3n) is 1.97. The van der Waals surface area contributed by atoms with Crippen LogP contribution in [0.2, 0.25) is 0 Å². The summed E-state index contributed by atoms with van der Waals surface area (Å²) < 4.78 is 11.5. The lowest BCUT2D eigenvalue weighted by Crippen LogP contribution is -2.09. The van der Waals surface area contributed by atoms with Gasteiger partial charge in [0.15, 0.2) is 0 Å². The molecule has 1 aromatic rings. The minimum absolute atomic E-state index is 0.0373. The number of benzene rings is 1. The van der Waals surface area contributed by atoms with Crippen molar-refractivity contribution in [2.75, 3.05) is 26.4 Å². The zero-order chi connectivity index (χ0) is 11.8. The Bertz CT molecular complexity index is 320. The summed E-state index contributed by atoms with van der Waals surface area (Å²) >= 11 is 3.40. The number of aliphatic hydroxyl groups is 1. The highest BCUT2D eigenvalue weighted by Crippen LogP contribution is 2.22. The summed E-state index contributed by atoms with van der Waals surface area (Å²) in [6, 6.07) is 5.68. The summed E-state index contributed by atoms with van der Waals surface area (Å²) in [6.07, 6.45) is 0. The number of hydrogen-bond acceptors (Lipinski definition) is 4. The number of hydrogen-bond donors (Lipinski definition) is 2. The van der Waals surface area contributed by atoms with E-state index in [0.29, 0.717) is 26.4 Å². The Labute approximate surface area is 103 Å². The fraction of sp³-hybridized carbons (Fsp3) is 0.455. The first kappa shape index (κ1) is 13.4. The fourth-order valence-electron chi connectivity index (χ4n) is 1.18. The smallest absolute Gasteiger partial charge is 0.119 e. The van der Waals surface area contributed by atoms with Crippen molar-refractivity contribution in [3.8, 4) is 5.75 Å². The summed E-state index contributed by atoms with van der Waals surface area (Å²) in [6.45, 7) is 1.78. The third-order valence-corrected chi connectivity index (χ3v) is 2.74. The predicted octanol–water partition coefficient (Wildman–Crippen LogP) is 1.30. The highest BCUT2D eigenvalue weighted by molar-refractivity contribution is 9.10. The minimum Gasteiger partial charge on any atom is -0.491 e. The summed E-state index contributed by atoms with van der Waals surface area (Å²) in [5.74, 6) is 0.774. The first-order chi connectivity index (χ1) is 7.77. The molecule has 5 heteroatoms. The molecule has 0 amide bonds. The van der Waals surface area contributed by atoms with Crippen LogP contribution in [0.4, 0.5) is 0 Å². The lowest BCUT2D eigenvalue weighted by atomic mass is 10.2. The van der Waals surface area contributed by atoms with E-state index in [9.17, 15) is 0 Å². The van der Waals surface area contributed by atoms with Crippen molar-refractivity contribution in [2.24, 2.45) is 5.73 Å². The van der Waals surface area contributed by atoms with Crippen LogP contribution in [0.5, 0.6) is 5.75 Å². The van der Waals surface area contributed by atoms with E-state index in [2.05, 4.69) is 15.9 Å². The van der Waals surface area contributed by atoms with Crippen molar-refractivity contribution in [1.82, 2.24) is 0 Å². The standard InChI is InChI=1S/C11H16BrNO3/c12-11-2-1-10(7-9(11)8-13)16-6-5-15-4-3-14/h1-2,7,14H,3-6,8,13H2. The van der Waals surface area contributed by atoms with Gasteiger partial charge < -0.3 is 20.3 Å². The fourth-order valence-corrected chi connectivity index (χ4v) is 1.59. The van der Waals surface area contributed by atoms with Crippen LogP contribution in [-0.4, -0.2) is 31.5 Å². The van der Waals surface area contributed by atoms with Crippen molar-refractivity contribution >= 4 is 15.9 Å². The Kier molecular flexibility index (Phi) is 6.40. The number of aliphatic hydroxyl groups excluding tert-OH is 1. The van der Waals surface area contributed by atoms with Crippen LogP contribution < -0.4 is 10.5 Å². The molecular formula is C11H16BrNO3. The van der Waals surface area contributed by atoms with Gasteiger partial charge in [0.2, 0.25) is 0 Å². The molecule has 0 saturated heterocycles. The van der Waals surface area contributed by atoms with Crippen molar-refractivity contribution in [3.63, 3.8) is 0 Å². The monoisotopic (exact) mass is 289 g/mol. The molecule has 4 nitrogen and oxygen atoms in total. The van der Waals surface area contributed by atoms with E-state index in [1.807, 2.05) is 18.2 Å². The van der Waals surface area contributed by atoms with E-state index >= 15 is 0 Å². The van der Waals surface area contributed by atoms with Gasteiger partial charge in [0.05, 0.1) is 19.8 Å². The predicted molar refractivity (Wildman–Crippen MR) is 65.4 cm³/mol. The van der Waals surface area contributed by atoms with Crippen LogP contribution in [-0.2, 0) is 11.3 Å². The van der Waals surface area contributed by atoms with E-state index in [1.165, 1.54) is 0 Å². The molecule has 16 heavy (non-hydrogen) atoms. The Balaban J connectivity index is 2.36. The molecule has 0 aliphatic rings. The Morgan fingerprint density at radius 3 is 2.75 bits per heavy atom. The largest absolute Gasteiger partial charge is 0.491 e. The molecule has 0 spiro atoms. The molecule has 0 unspecified atom stereocenters. The van der Waals surface area contributed by atoms with Gasteiger partial charge in [-0.1, -0.05) is 15.9 Å². The highest BCUT2D eigenvalue weighted by atomic mass is 79.9. The van der Waals surface area contributed by atoms with Gasteiger partial charge >= 0.3 is 0 Å². The van der Waals surface area contributed by atoms with E-state index in [4.69, 9.17) is 20.3 Å². The van der Waals surface area contributed by atoms with Gasteiger partial charge in [-0.15, -0.1) is 0 Å². The van der Waals surface area contributed by atoms with E-state index < -0.39 is 0 Å². The maximum Gasteiger partial charge on any atom is 0.119 e. The van der Waals surface area contributed by atoms with Crippen LogP contribution in [0.25, 0.3) is 0 Å². The van der Waals surface area contributed by atoms with Crippen LogP contribution in [0.3, 0.4) is 0 Å². The van der Waals surface area contributed by atoms with Gasteiger partial charge in [-0.2, -0.15) is 0 Å². The average molecular weight is 290 g/mol. The SMILES string of the molecule is NCc1cc(OCCOCCO)ccc1Br. The number of halogens is 1. The molecule has 0 saturated carbocycles. The van der Waals surface area contributed by atoms with Gasteiger partial charge in [-0.25, -0.2) is 0 Å². The zero-order valence-electron chi connectivity index (χ0n) is 8.99. The maximum atomic E-state index is 8.50. The van der Waals surface area contributed by atoms with Crippen molar-refractivity contribution in [2.45, 2.75) is 6.54 Å². The maximum absolute atomic E-state index is 8.50. The molecule has 0 atom stereocenters. The first-order valence-corrected chi connectivity index (χ1v) is 5.87. The molecule has 90 valence electrons. The number of ether oxygens (including phenoxy) is 2. The Hall–Kier alpha value is -0.620. The van der Waals surface area contributed by atoms with Crippen LogP contribution in [0.15, 0.2) is 22.7 Å². The summed E-state index contributed by atoms with van der Waals surface area (Å²) in [5.41, 5.74) is 6.58. The molecule has 3 N–H and O–H groups in total. The molecule has 0 aliphatic heterocycles. The van der Waals surface area contributed by atoms with E-state index in [1.54, 1.807) is 0 Å². The first-order valence-electron chi connectivity index (χ1n) is 5.08. The normalized spacial score (nSPS) is 10.4. The number of nitrogens with two attached hydrogens (primary N) is 1. The van der Waals surface area contributed by atoms with E-state index in [0.717, 1.165) is 15.8 Å². The van der Waals surface area contributed by atoms with Gasteiger partial charge in [0.25, 0.3) is 0 Å². The molecule has 1 rings (SSSR count). The van der Waals surface area contributed by atoms with Crippen LogP contribution >= 0.6 is 15.9 Å².